The molecule has 2 aromatic carbocycles. The zero-order valence-electron chi connectivity index (χ0n) is 14.4. The monoisotopic (exact) mass is 260 g/mol. The Morgan fingerprint density at radius 1 is 0.526 bits per heavy atom. The van der Waals surface area contributed by atoms with E-state index in [1.165, 1.54) is 27.5 Å². The molecule has 0 amide bonds. The fraction of sp³-hybridized carbons (Fsp3) is 0.474. The van der Waals surface area contributed by atoms with E-state index in [0.29, 0.717) is 0 Å². The SMILES string of the molecule is CC.CC.CC.Cc1ccc(C)c2c(C)cccc12. The van der Waals surface area contributed by atoms with Crippen LogP contribution in [-0.2, 0) is 0 Å². The maximum atomic E-state index is 2.20. The molecule has 0 aromatic heterocycles. The molecule has 0 aliphatic heterocycles. The average molecular weight is 260 g/mol. The van der Waals surface area contributed by atoms with Gasteiger partial charge in [0.15, 0.2) is 0 Å². The van der Waals surface area contributed by atoms with Crippen LogP contribution >= 0.6 is 0 Å². The lowest BCUT2D eigenvalue weighted by molar-refractivity contribution is 1.42. The highest BCUT2D eigenvalue weighted by atomic mass is 14.1. The van der Waals surface area contributed by atoms with Gasteiger partial charge in [-0.25, -0.2) is 0 Å². The molecular formula is C19H32. The van der Waals surface area contributed by atoms with Crippen LogP contribution in [0.2, 0.25) is 0 Å². The van der Waals surface area contributed by atoms with Crippen molar-refractivity contribution in [1.82, 2.24) is 0 Å². The summed E-state index contributed by atoms with van der Waals surface area (Å²) in [5.74, 6) is 0. The van der Waals surface area contributed by atoms with Gasteiger partial charge in [-0.15, -0.1) is 0 Å². The predicted octanol–water partition coefficient (Wildman–Crippen LogP) is 6.84. The Balaban J connectivity index is 0. The van der Waals surface area contributed by atoms with E-state index in [-0.39, 0.29) is 0 Å². The van der Waals surface area contributed by atoms with E-state index in [1.54, 1.807) is 0 Å². The van der Waals surface area contributed by atoms with Crippen molar-refractivity contribution in [3.8, 4) is 0 Å². The highest BCUT2D eigenvalue weighted by molar-refractivity contribution is 5.91. The van der Waals surface area contributed by atoms with Crippen molar-refractivity contribution in [3.63, 3.8) is 0 Å². The molecule has 0 nitrogen and oxygen atoms in total. The summed E-state index contributed by atoms with van der Waals surface area (Å²) in [5, 5.41) is 2.81. The second-order valence-corrected chi connectivity index (χ2v) is 3.70. The molecule has 0 fully saturated rings. The summed E-state index contributed by atoms with van der Waals surface area (Å²) in [6.07, 6.45) is 0. The summed E-state index contributed by atoms with van der Waals surface area (Å²) >= 11 is 0. The molecule has 0 unspecified atom stereocenters. The fourth-order valence-electron chi connectivity index (χ4n) is 1.94. The Morgan fingerprint density at radius 2 is 0.947 bits per heavy atom. The van der Waals surface area contributed by atoms with Gasteiger partial charge in [0.2, 0.25) is 0 Å². The van der Waals surface area contributed by atoms with E-state index in [4.69, 9.17) is 0 Å². The number of benzene rings is 2. The summed E-state index contributed by atoms with van der Waals surface area (Å²) in [7, 11) is 0. The lowest BCUT2D eigenvalue weighted by Gasteiger charge is -2.07. The second kappa shape index (κ2) is 11.8. The highest BCUT2D eigenvalue weighted by Gasteiger charge is 2.01. The van der Waals surface area contributed by atoms with Crippen LogP contribution < -0.4 is 0 Å². The third-order valence-electron chi connectivity index (χ3n) is 2.68. The largest absolute Gasteiger partial charge is 0.0683 e. The van der Waals surface area contributed by atoms with Gasteiger partial charge in [-0.3, -0.25) is 0 Å². The smallest absolute Gasteiger partial charge is 0.0123 e. The van der Waals surface area contributed by atoms with Crippen LogP contribution in [0, 0.1) is 20.8 Å². The Hall–Kier alpha value is -1.30. The Bertz CT molecular complexity index is 445. The van der Waals surface area contributed by atoms with Gasteiger partial charge in [0.25, 0.3) is 0 Å². The molecular weight excluding hydrogens is 228 g/mol. The minimum Gasteiger partial charge on any atom is -0.0683 e. The van der Waals surface area contributed by atoms with Gasteiger partial charge < -0.3 is 0 Å². The third kappa shape index (κ3) is 5.46. The molecule has 0 atom stereocenters. The number of hydrogen-bond donors (Lipinski definition) is 0. The molecule has 0 spiro atoms. The molecule has 0 saturated carbocycles. The average Bonchev–Trinajstić information content (AvgIpc) is 2.49. The molecule has 0 heteroatoms. The van der Waals surface area contributed by atoms with Crippen LogP contribution in [0.4, 0.5) is 0 Å². The van der Waals surface area contributed by atoms with Crippen molar-refractivity contribution < 1.29 is 0 Å². The van der Waals surface area contributed by atoms with E-state index in [0.717, 1.165) is 0 Å². The summed E-state index contributed by atoms with van der Waals surface area (Å²) in [6.45, 7) is 18.5. The van der Waals surface area contributed by atoms with E-state index in [1.807, 2.05) is 41.5 Å². The lowest BCUT2D eigenvalue weighted by atomic mass is 9.97. The number of hydrogen-bond acceptors (Lipinski definition) is 0. The Morgan fingerprint density at radius 3 is 1.42 bits per heavy atom. The maximum absolute atomic E-state index is 2.20. The number of aryl methyl sites for hydroxylation is 3. The zero-order chi connectivity index (χ0) is 15.4. The Labute approximate surface area is 120 Å². The van der Waals surface area contributed by atoms with Crippen LogP contribution in [-0.4, -0.2) is 0 Å². The first-order chi connectivity index (χ1) is 9.20. The summed E-state index contributed by atoms with van der Waals surface area (Å²) in [6, 6.07) is 10.9. The zero-order valence-corrected chi connectivity index (χ0v) is 14.4. The van der Waals surface area contributed by atoms with E-state index >= 15 is 0 Å². The molecule has 19 heavy (non-hydrogen) atoms. The maximum Gasteiger partial charge on any atom is -0.0123 e. The van der Waals surface area contributed by atoms with Crippen molar-refractivity contribution in [2.75, 3.05) is 0 Å². The van der Waals surface area contributed by atoms with Crippen molar-refractivity contribution in [3.05, 3.63) is 47.0 Å². The Kier molecular flexibility index (Phi) is 12.4. The van der Waals surface area contributed by atoms with Gasteiger partial charge >= 0.3 is 0 Å². The van der Waals surface area contributed by atoms with Gasteiger partial charge in [0, 0.05) is 0 Å². The van der Waals surface area contributed by atoms with E-state index < -0.39 is 0 Å². The summed E-state index contributed by atoms with van der Waals surface area (Å²) in [4.78, 5) is 0. The van der Waals surface area contributed by atoms with E-state index in [9.17, 15) is 0 Å². The quantitative estimate of drug-likeness (QED) is 0.486. The van der Waals surface area contributed by atoms with Crippen molar-refractivity contribution in [2.45, 2.75) is 62.3 Å². The molecule has 0 heterocycles. The van der Waals surface area contributed by atoms with E-state index in [2.05, 4.69) is 51.1 Å². The first-order valence-corrected chi connectivity index (χ1v) is 7.65. The van der Waals surface area contributed by atoms with Gasteiger partial charge in [-0.1, -0.05) is 71.9 Å². The topological polar surface area (TPSA) is 0 Å². The van der Waals surface area contributed by atoms with Crippen molar-refractivity contribution in [1.29, 1.82) is 0 Å². The molecule has 0 aliphatic rings. The minimum atomic E-state index is 1.37. The van der Waals surface area contributed by atoms with Gasteiger partial charge in [-0.2, -0.15) is 0 Å². The van der Waals surface area contributed by atoms with Crippen molar-refractivity contribution in [2.24, 2.45) is 0 Å². The second-order valence-electron chi connectivity index (χ2n) is 3.70. The first kappa shape index (κ1) is 20.0. The van der Waals surface area contributed by atoms with Crippen LogP contribution in [0.3, 0.4) is 0 Å². The van der Waals surface area contributed by atoms with Crippen LogP contribution in [0.1, 0.15) is 58.2 Å². The highest BCUT2D eigenvalue weighted by Crippen LogP contribution is 2.24. The van der Waals surface area contributed by atoms with Gasteiger partial charge in [-0.05, 0) is 48.2 Å². The molecule has 0 bridgehead atoms. The summed E-state index contributed by atoms with van der Waals surface area (Å²) in [5.41, 5.74) is 4.11. The normalized spacial score (nSPS) is 8.26. The number of fused-ring (bicyclic) bond motifs is 1. The third-order valence-corrected chi connectivity index (χ3v) is 2.68. The molecule has 0 saturated heterocycles. The fourth-order valence-corrected chi connectivity index (χ4v) is 1.94. The van der Waals surface area contributed by atoms with Gasteiger partial charge in [0.1, 0.15) is 0 Å². The molecule has 0 aliphatic carbocycles. The molecule has 0 N–H and O–H groups in total. The van der Waals surface area contributed by atoms with Crippen molar-refractivity contribution >= 4 is 10.8 Å². The van der Waals surface area contributed by atoms with Crippen LogP contribution in [0.15, 0.2) is 30.3 Å². The lowest BCUT2D eigenvalue weighted by Crippen LogP contribution is -1.85. The minimum absolute atomic E-state index is 1.37. The van der Waals surface area contributed by atoms with Gasteiger partial charge in [0.05, 0.1) is 0 Å². The summed E-state index contributed by atoms with van der Waals surface area (Å²) < 4.78 is 0. The van der Waals surface area contributed by atoms with Crippen LogP contribution in [0.25, 0.3) is 10.8 Å². The molecule has 0 radical (unpaired) electrons. The first-order valence-electron chi connectivity index (χ1n) is 7.65. The predicted molar refractivity (Wildman–Crippen MR) is 92.2 cm³/mol. The number of rotatable bonds is 0. The molecule has 2 rings (SSSR count). The molecule has 2 aromatic rings. The van der Waals surface area contributed by atoms with Crippen LogP contribution in [0.5, 0.6) is 0 Å². The molecule has 108 valence electrons. The standard InChI is InChI=1S/C13H14.3C2H6/c1-9-7-8-11(3)13-10(2)5-4-6-12(9)13;3*1-2/h4-8H,1-3H3;3*1-2H3.